The highest BCUT2D eigenvalue weighted by Crippen LogP contribution is 2.43. The van der Waals surface area contributed by atoms with Crippen molar-refractivity contribution < 1.29 is 18.9 Å². The van der Waals surface area contributed by atoms with Crippen molar-refractivity contribution in [2.24, 2.45) is 0 Å². The van der Waals surface area contributed by atoms with E-state index in [1.165, 1.54) is 16.8 Å². The maximum absolute atomic E-state index is 11.8. The number of nitrogens with two attached hydrogens (primary N) is 1. The molecule has 0 radical (unpaired) electrons. The molecule has 1 aliphatic rings. The summed E-state index contributed by atoms with van der Waals surface area (Å²) >= 11 is 3.69. The van der Waals surface area contributed by atoms with Crippen LogP contribution in [-0.2, 0) is 13.8 Å². The summed E-state index contributed by atoms with van der Waals surface area (Å²) in [6, 6.07) is 1.47. The largest absolute Gasteiger partial charge is 0.582 e. The first kappa shape index (κ1) is 15.4. The monoisotopic (exact) mass is 320 g/mol. The van der Waals surface area contributed by atoms with E-state index in [9.17, 15) is 14.5 Å². The highest BCUT2D eigenvalue weighted by Gasteiger charge is 2.50. The number of aromatic nitrogens is 2. The maximum atomic E-state index is 11.8. The minimum Gasteiger partial charge on any atom is -0.393 e. The lowest BCUT2D eigenvalue weighted by molar-refractivity contribution is -0.111. The van der Waals surface area contributed by atoms with Gasteiger partial charge >= 0.3 is 12.9 Å². The fraction of sp³-hybridized carbons (Fsp3) is 0.600. The third kappa shape index (κ3) is 3.02. The quantitative estimate of drug-likeness (QED) is 0.545. The fourth-order valence-corrected chi connectivity index (χ4v) is 2.95. The average Bonchev–Trinajstić information content (AvgIpc) is 2.66. The number of nitrogen functional groups attached to an aromatic ring is 1. The first-order valence-corrected chi connectivity index (χ1v) is 8.15. The number of hydrogen-bond acceptors (Lipinski definition) is 7. The summed E-state index contributed by atoms with van der Waals surface area (Å²) in [7, 11) is -2.15. The smallest absolute Gasteiger partial charge is 0.393 e. The Bertz CT molecular complexity index is 582. The van der Waals surface area contributed by atoms with Crippen molar-refractivity contribution in [3.05, 3.63) is 22.7 Å². The van der Waals surface area contributed by atoms with Gasteiger partial charge in [0.15, 0.2) is 0 Å². The highest BCUT2D eigenvalue weighted by molar-refractivity contribution is 8.39. The van der Waals surface area contributed by atoms with E-state index in [4.69, 9.17) is 15.0 Å². The first-order valence-electron chi connectivity index (χ1n) is 5.82. The molecule has 1 aromatic rings. The van der Waals surface area contributed by atoms with Gasteiger partial charge in [-0.15, -0.1) is 4.52 Å². The molecular weight excluding hydrogens is 305 g/mol. The van der Waals surface area contributed by atoms with E-state index in [0.717, 1.165) is 0 Å². The second-order valence-electron chi connectivity index (χ2n) is 4.65. The third-order valence-electron chi connectivity index (χ3n) is 3.20. The zero-order valence-electron chi connectivity index (χ0n) is 10.7. The Morgan fingerprint density at radius 2 is 2.50 bits per heavy atom. The molecule has 20 heavy (non-hydrogen) atoms. The molecule has 1 saturated heterocycles. The van der Waals surface area contributed by atoms with Crippen molar-refractivity contribution in [3.63, 3.8) is 0 Å². The second-order valence-corrected chi connectivity index (χ2v) is 6.32. The molecule has 2 heterocycles. The number of rotatable bonds is 4. The Kier molecular flexibility index (Phi) is 4.46. The minimum atomic E-state index is -2.15. The molecule has 0 aromatic carbocycles. The van der Waals surface area contributed by atoms with Crippen molar-refractivity contribution in [1.82, 2.24) is 9.55 Å². The molecule has 1 aliphatic heterocycles. The summed E-state index contributed by atoms with van der Waals surface area (Å²) in [5.74, 6) is 0.111. The topological polar surface area (TPSA) is 117 Å². The van der Waals surface area contributed by atoms with Crippen LogP contribution in [0.2, 0.25) is 0 Å². The number of thiol groups is 1. The molecule has 4 atom stereocenters. The standard InChI is InChI=1S/C10H14N3O5PS/c1-10(5-14)6(18-19(16)20)4-8(17-10)13-3-2-7(11)12-9(13)15/h2-3,6,8,14H,4-5H2,1H3,(H2-,11,12,15,16,20)/p+1/t6?,8-,10-/m1/s1. The van der Waals surface area contributed by atoms with E-state index in [1.54, 1.807) is 6.92 Å². The minimum absolute atomic E-state index is 0.111. The Morgan fingerprint density at radius 3 is 3.05 bits per heavy atom. The zero-order valence-corrected chi connectivity index (χ0v) is 12.5. The van der Waals surface area contributed by atoms with Crippen LogP contribution < -0.4 is 11.4 Å². The summed E-state index contributed by atoms with van der Waals surface area (Å²) in [5, 5.41) is 9.44. The van der Waals surface area contributed by atoms with Gasteiger partial charge in [-0.3, -0.25) is 4.57 Å². The predicted molar refractivity (Wildman–Crippen MR) is 74.6 cm³/mol. The number of ether oxygens (including phenoxy) is 1. The van der Waals surface area contributed by atoms with Gasteiger partial charge in [0.1, 0.15) is 36.0 Å². The van der Waals surface area contributed by atoms with E-state index >= 15 is 0 Å². The molecule has 0 amide bonds. The number of aliphatic hydroxyl groups is 1. The summed E-state index contributed by atoms with van der Waals surface area (Å²) in [6.07, 6.45) is 0.365. The van der Waals surface area contributed by atoms with Crippen LogP contribution >= 0.6 is 19.5 Å². The summed E-state index contributed by atoms with van der Waals surface area (Å²) in [4.78, 5) is 15.4. The van der Waals surface area contributed by atoms with Gasteiger partial charge in [-0.2, -0.15) is 4.98 Å². The molecule has 2 unspecified atom stereocenters. The van der Waals surface area contributed by atoms with Crippen LogP contribution in [0.15, 0.2) is 17.1 Å². The lowest BCUT2D eigenvalue weighted by Crippen LogP contribution is -2.40. The van der Waals surface area contributed by atoms with Crippen LogP contribution in [0.3, 0.4) is 0 Å². The van der Waals surface area contributed by atoms with Gasteiger partial charge < -0.3 is 15.6 Å². The summed E-state index contributed by atoms with van der Waals surface area (Å²) in [5.41, 5.74) is 3.79. The molecule has 0 bridgehead atoms. The van der Waals surface area contributed by atoms with E-state index in [2.05, 4.69) is 17.2 Å². The zero-order chi connectivity index (χ0) is 14.9. The Hall–Kier alpha value is -0.990. The predicted octanol–water partition coefficient (Wildman–Crippen LogP) is 0.468. The van der Waals surface area contributed by atoms with Crippen LogP contribution in [0.25, 0.3) is 0 Å². The second kappa shape index (κ2) is 5.79. The van der Waals surface area contributed by atoms with Gasteiger partial charge in [0, 0.05) is 12.6 Å². The third-order valence-corrected chi connectivity index (χ3v) is 3.91. The first-order chi connectivity index (χ1) is 9.35. The highest BCUT2D eigenvalue weighted by atomic mass is 32.7. The number of hydrogen-bond donors (Lipinski definition) is 3. The summed E-state index contributed by atoms with van der Waals surface area (Å²) in [6.45, 7) is 1.27. The van der Waals surface area contributed by atoms with Crippen LogP contribution in [0.4, 0.5) is 5.82 Å². The number of nitrogens with zero attached hydrogens (tertiary/aromatic N) is 2. The summed E-state index contributed by atoms with van der Waals surface area (Å²) < 4.78 is 23.2. The van der Waals surface area contributed by atoms with Crippen LogP contribution in [0.5, 0.6) is 0 Å². The molecule has 0 aliphatic carbocycles. The van der Waals surface area contributed by atoms with Gasteiger partial charge in [-0.05, 0) is 17.6 Å². The molecule has 0 saturated carbocycles. The Morgan fingerprint density at radius 1 is 1.80 bits per heavy atom. The van der Waals surface area contributed by atoms with Gasteiger partial charge in [-0.25, -0.2) is 4.79 Å². The van der Waals surface area contributed by atoms with E-state index in [1.807, 2.05) is 0 Å². The molecule has 10 heteroatoms. The molecule has 2 rings (SSSR count). The van der Waals surface area contributed by atoms with Crippen molar-refractivity contribution in [3.8, 4) is 0 Å². The molecule has 110 valence electrons. The molecule has 0 spiro atoms. The molecule has 1 fully saturated rings. The van der Waals surface area contributed by atoms with Crippen molar-refractivity contribution in [2.75, 3.05) is 12.3 Å². The van der Waals surface area contributed by atoms with E-state index in [0.29, 0.717) is 0 Å². The average molecular weight is 320 g/mol. The number of anilines is 1. The van der Waals surface area contributed by atoms with Crippen molar-refractivity contribution >= 4 is 25.3 Å². The van der Waals surface area contributed by atoms with Gasteiger partial charge in [0.05, 0.1) is 6.61 Å². The fourth-order valence-electron chi connectivity index (χ4n) is 2.09. The molecular formula is C10H15N3O5PS+. The van der Waals surface area contributed by atoms with E-state index in [-0.39, 0.29) is 18.8 Å². The Balaban J connectivity index is 2.28. The van der Waals surface area contributed by atoms with E-state index < -0.39 is 30.9 Å². The lowest BCUT2D eigenvalue weighted by Gasteiger charge is -2.24. The van der Waals surface area contributed by atoms with Gasteiger partial charge in [0.2, 0.25) is 0 Å². The van der Waals surface area contributed by atoms with Gasteiger partial charge in [0.25, 0.3) is 0 Å². The Labute approximate surface area is 120 Å². The van der Waals surface area contributed by atoms with Crippen molar-refractivity contribution in [1.29, 1.82) is 0 Å². The van der Waals surface area contributed by atoms with Crippen molar-refractivity contribution in [2.45, 2.75) is 31.3 Å². The molecule has 3 N–H and O–H groups in total. The van der Waals surface area contributed by atoms with Crippen LogP contribution in [0.1, 0.15) is 19.6 Å². The molecule has 8 nitrogen and oxygen atoms in total. The lowest BCUT2D eigenvalue weighted by atomic mass is 10.0. The number of aliphatic hydroxyl groups excluding tert-OH is 1. The maximum Gasteiger partial charge on any atom is 0.582 e. The normalized spacial score (nSPS) is 30.4. The molecule has 1 aromatic heterocycles. The SMILES string of the molecule is C[C@]1(CO)O[C@@H](n2ccc(N)nc2=O)CC1O[P+](=O)S. The van der Waals surface area contributed by atoms with Gasteiger partial charge in [-0.1, -0.05) is 0 Å². The van der Waals surface area contributed by atoms with Crippen LogP contribution in [0, 0.1) is 0 Å². The van der Waals surface area contributed by atoms with Crippen LogP contribution in [-0.4, -0.2) is 33.0 Å².